The Labute approximate surface area is 370 Å². The van der Waals surface area contributed by atoms with Gasteiger partial charge in [0.15, 0.2) is 19.7 Å². The fourth-order valence-corrected chi connectivity index (χ4v) is 4.43. The molecule has 364 valence electrons. The molecule has 1 rings (SSSR count). The number of carbonyl (C=O) groups excluding carboxylic acids is 4. The molecule has 0 N–H and O–H groups in total. The van der Waals surface area contributed by atoms with Crippen molar-refractivity contribution in [3.63, 3.8) is 0 Å². The molecule has 21 nitrogen and oxygen atoms in total. The van der Waals surface area contributed by atoms with Gasteiger partial charge in [-0.2, -0.15) is 0 Å². The van der Waals surface area contributed by atoms with Crippen LogP contribution in [0.4, 0.5) is 0 Å². The van der Waals surface area contributed by atoms with E-state index in [-0.39, 0.29) is 85.5 Å². The van der Waals surface area contributed by atoms with Crippen LogP contribution in [0.3, 0.4) is 0 Å². The van der Waals surface area contributed by atoms with Crippen molar-refractivity contribution in [2.45, 2.75) is 38.4 Å². The summed E-state index contributed by atoms with van der Waals surface area (Å²) >= 11 is 0. The Morgan fingerprint density at radius 2 is 0.714 bits per heavy atom. The van der Waals surface area contributed by atoms with Crippen LogP contribution >= 0.6 is 0 Å². The fraction of sp³-hybridized carbons (Fsp3) is 0.762. The van der Waals surface area contributed by atoms with E-state index < -0.39 is 30.0 Å². The number of esters is 4. The van der Waals surface area contributed by atoms with Crippen LogP contribution in [0.1, 0.15) is 31.2 Å². The van der Waals surface area contributed by atoms with Gasteiger partial charge in [-0.05, 0) is 5.56 Å². The maximum atomic E-state index is 12.6. The van der Waals surface area contributed by atoms with Crippen LogP contribution in [0, 0.1) is 0 Å². The molecule has 0 spiro atoms. The van der Waals surface area contributed by atoms with Crippen molar-refractivity contribution < 1.29 is 99.7 Å². The number of benzene rings is 1. The molecule has 0 fully saturated rings. The Bertz CT molecular complexity index is 1210. The topological polar surface area (TPSA) is 225 Å². The van der Waals surface area contributed by atoms with Crippen molar-refractivity contribution in [2.24, 2.45) is 0 Å². The van der Waals surface area contributed by atoms with Gasteiger partial charge in [-0.1, -0.05) is 30.3 Å². The van der Waals surface area contributed by atoms with Crippen LogP contribution in [0.5, 0.6) is 0 Å². The van der Waals surface area contributed by atoms with Crippen molar-refractivity contribution in [3.05, 3.63) is 35.9 Å². The summed E-state index contributed by atoms with van der Waals surface area (Å²) in [7, 11) is 3.23. The molecule has 0 heterocycles. The maximum absolute atomic E-state index is 12.6. The average Bonchev–Trinajstić information content (AvgIpc) is 3.29. The van der Waals surface area contributed by atoms with E-state index in [1.807, 2.05) is 30.3 Å². The Kier molecular flexibility index (Phi) is 41.3. The van der Waals surface area contributed by atoms with Gasteiger partial charge in [0.1, 0.15) is 6.61 Å². The van der Waals surface area contributed by atoms with E-state index in [1.165, 1.54) is 0 Å². The van der Waals surface area contributed by atoms with E-state index in [1.54, 1.807) is 14.2 Å². The minimum Gasteiger partial charge on any atom is -0.462 e. The van der Waals surface area contributed by atoms with Gasteiger partial charge in [-0.15, -0.1) is 0 Å². The first kappa shape index (κ1) is 57.6. The molecule has 0 aromatic heterocycles. The second-order valence-corrected chi connectivity index (χ2v) is 12.8. The molecular formula is C42H70O21. The van der Waals surface area contributed by atoms with E-state index in [0.29, 0.717) is 106 Å². The minimum absolute atomic E-state index is 0.0989. The first-order chi connectivity index (χ1) is 30.9. The van der Waals surface area contributed by atoms with Crippen LogP contribution in [-0.4, -0.2) is 203 Å². The van der Waals surface area contributed by atoms with Gasteiger partial charge in [0, 0.05) is 14.2 Å². The summed E-state index contributed by atoms with van der Waals surface area (Å²) in [5.41, 5.74) is 0.883. The number of ether oxygens (including phenoxy) is 17. The Balaban J connectivity index is 2.15. The highest BCUT2D eigenvalue weighted by molar-refractivity contribution is 5.78. The lowest BCUT2D eigenvalue weighted by atomic mass is 10.2. The second kappa shape index (κ2) is 45.2. The molecule has 63 heavy (non-hydrogen) atoms. The predicted octanol–water partition coefficient (Wildman–Crippen LogP) is 1.68. The lowest BCUT2D eigenvalue weighted by Gasteiger charge is -2.18. The molecule has 0 amide bonds. The van der Waals surface area contributed by atoms with Crippen molar-refractivity contribution in [3.8, 4) is 0 Å². The summed E-state index contributed by atoms with van der Waals surface area (Å²) in [4.78, 5) is 49.2. The van der Waals surface area contributed by atoms with Gasteiger partial charge in [0.05, 0.1) is 171 Å². The van der Waals surface area contributed by atoms with E-state index in [0.717, 1.165) is 5.56 Å². The number of hydrogen-bond donors (Lipinski definition) is 0. The Morgan fingerprint density at radius 3 is 1.10 bits per heavy atom. The van der Waals surface area contributed by atoms with Crippen LogP contribution < -0.4 is 0 Å². The number of methoxy groups -OCH3 is 2. The third kappa shape index (κ3) is 41.1. The molecule has 1 unspecified atom stereocenters. The molecular weight excluding hydrogens is 840 g/mol. The van der Waals surface area contributed by atoms with Crippen LogP contribution in [-0.2, 0) is 106 Å². The molecule has 0 aliphatic carbocycles. The molecule has 0 aliphatic rings. The first-order valence-corrected chi connectivity index (χ1v) is 21.0. The van der Waals surface area contributed by atoms with E-state index in [4.69, 9.17) is 80.5 Å². The molecule has 0 saturated heterocycles. The summed E-state index contributed by atoms with van der Waals surface area (Å²) in [6.07, 6.45) is -2.08. The lowest BCUT2D eigenvalue weighted by molar-refractivity contribution is -0.167. The van der Waals surface area contributed by atoms with Crippen LogP contribution in [0.15, 0.2) is 30.3 Å². The number of rotatable bonds is 47. The Morgan fingerprint density at radius 1 is 0.381 bits per heavy atom. The zero-order chi connectivity index (χ0) is 45.5. The quantitative estimate of drug-likeness (QED) is 0.0392. The van der Waals surface area contributed by atoms with Gasteiger partial charge < -0.3 is 80.5 Å². The summed E-state index contributed by atoms with van der Waals surface area (Å²) in [6, 6.07) is 9.30. The van der Waals surface area contributed by atoms with Crippen molar-refractivity contribution in [1.82, 2.24) is 0 Å². The molecule has 1 atom stereocenters. The highest BCUT2D eigenvalue weighted by atomic mass is 16.7. The highest BCUT2D eigenvalue weighted by Crippen LogP contribution is 2.07. The van der Waals surface area contributed by atoms with E-state index in [9.17, 15) is 19.2 Å². The summed E-state index contributed by atoms with van der Waals surface area (Å²) in [6.45, 7) is 7.39. The predicted molar refractivity (Wildman–Crippen MR) is 220 cm³/mol. The van der Waals surface area contributed by atoms with Crippen molar-refractivity contribution in [2.75, 3.05) is 173 Å². The van der Waals surface area contributed by atoms with Gasteiger partial charge in [0.25, 0.3) is 0 Å². The van der Waals surface area contributed by atoms with Crippen molar-refractivity contribution in [1.29, 1.82) is 0 Å². The third-order valence-electron chi connectivity index (χ3n) is 7.66. The third-order valence-corrected chi connectivity index (χ3v) is 7.66. The first-order valence-electron chi connectivity index (χ1n) is 21.0. The number of hydrogen-bond acceptors (Lipinski definition) is 21. The summed E-state index contributed by atoms with van der Waals surface area (Å²) < 4.78 is 89.5. The average molecular weight is 911 g/mol. The van der Waals surface area contributed by atoms with Gasteiger partial charge in [-0.3, -0.25) is 19.2 Å². The molecule has 0 saturated carbocycles. The molecule has 0 bridgehead atoms. The zero-order valence-electron chi connectivity index (χ0n) is 37.0. The van der Waals surface area contributed by atoms with Gasteiger partial charge >= 0.3 is 23.9 Å². The van der Waals surface area contributed by atoms with E-state index >= 15 is 0 Å². The molecule has 0 aliphatic heterocycles. The lowest BCUT2D eigenvalue weighted by Crippen LogP contribution is -2.30. The highest BCUT2D eigenvalue weighted by Gasteiger charge is 2.20. The molecule has 21 heteroatoms. The van der Waals surface area contributed by atoms with Crippen LogP contribution in [0.2, 0.25) is 0 Å². The normalized spacial score (nSPS) is 11.7. The van der Waals surface area contributed by atoms with E-state index in [2.05, 4.69) is 0 Å². The Hall–Kier alpha value is -3.42. The standard InChI is InChI=1S/C42H70O21/c1-47-12-14-49-16-18-51-20-22-53-24-26-55-28-30-57-35-61-40(44)9-8-39(43)60-34-38(33-59-32-37-6-4-3-5-7-37)63-42(46)11-10-41(45)62-36-58-31-29-56-27-25-54-23-21-52-19-17-50-15-13-48-2/h3-7,38H,8-36H2,1-2H3. The number of carbonyl (C=O) groups is 4. The summed E-state index contributed by atoms with van der Waals surface area (Å²) in [5.74, 6) is -2.78. The van der Waals surface area contributed by atoms with Crippen LogP contribution in [0.25, 0.3) is 0 Å². The monoisotopic (exact) mass is 910 g/mol. The molecule has 1 aromatic carbocycles. The largest absolute Gasteiger partial charge is 0.462 e. The van der Waals surface area contributed by atoms with Gasteiger partial charge in [-0.25, -0.2) is 0 Å². The zero-order valence-corrected chi connectivity index (χ0v) is 37.0. The van der Waals surface area contributed by atoms with Crippen molar-refractivity contribution >= 4 is 23.9 Å². The molecule has 0 radical (unpaired) electrons. The van der Waals surface area contributed by atoms with Gasteiger partial charge in [0.2, 0.25) is 0 Å². The SMILES string of the molecule is COCCOCCOCCOCCOCCOCOC(=O)CCC(=O)OCC(COCc1ccccc1)OC(=O)CCC(=O)OCOCCOCCOCCOCCOCCOC. The fourth-order valence-electron chi connectivity index (χ4n) is 4.43. The maximum Gasteiger partial charge on any atom is 0.308 e. The molecule has 1 aromatic rings. The smallest absolute Gasteiger partial charge is 0.308 e. The minimum atomic E-state index is -0.982. The summed E-state index contributed by atoms with van der Waals surface area (Å²) in [5, 5.41) is 0. The second-order valence-electron chi connectivity index (χ2n) is 12.8.